The molecular weight excluding hydrogens is 244 g/mol. The topological polar surface area (TPSA) is 106 Å². The summed E-state index contributed by atoms with van der Waals surface area (Å²) in [4.78, 5) is 0. The summed E-state index contributed by atoms with van der Waals surface area (Å²) in [6.45, 7) is 0.951. The molecule has 17 heavy (non-hydrogen) atoms. The van der Waals surface area contributed by atoms with Crippen LogP contribution in [0.1, 0.15) is 6.42 Å². The van der Waals surface area contributed by atoms with E-state index in [0.717, 1.165) is 0 Å². The summed E-state index contributed by atoms with van der Waals surface area (Å²) in [5.41, 5.74) is 0. The highest BCUT2D eigenvalue weighted by molar-refractivity contribution is 7.89. The van der Waals surface area contributed by atoms with Gasteiger partial charge in [-0.05, 0) is 12.5 Å². The Kier molecular flexibility index (Phi) is 3.49. The molecule has 0 saturated heterocycles. The van der Waals surface area contributed by atoms with Crippen molar-refractivity contribution >= 4 is 10.0 Å². The van der Waals surface area contributed by atoms with E-state index in [4.69, 9.17) is 0 Å². The monoisotopic (exact) mass is 256 g/mol. The van der Waals surface area contributed by atoms with Crippen LogP contribution in [0.3, 0.4) is 0 Å². The van der Waals surface area contributed by atoms with Gasteiger partial charge in [-0.15, -0.1) is 5.10 Å². The molecule has 0 radical (unpaired) electrons. The molecule has 2 aromatic heterocycles. The van der Waals surface area contributed by atoms with E-state index < -0.39 is 10.0 Å². The lowest BCUT2D eigenvalue weighted by molar-refractivity contribution is 0.541. The Morgan fingerprint density at radius 3 is 2.94 bits per heavy atom. The van der Waals surface area contributed by atoms with E-state index in [1.807, 2.05) is 0 Å². The number of aromatic nitrogens is 5. The molecule has 0 aliphatic heterocycles. The molecule has 0 aliphatic carbocycles. The first-order valence-electron chi connectivity index (χ1n) is 5.01. The number of H-pyrrole nitrogens is 1. The number of hydrogen-bond acceptors (Lipinski definition) is 5. The van der Waals surface area contributed by atoms with Crippen molar-refractivity contribution in [3.63, 3.8) is 0 Å². The molecule has 0 bridgehead atoms. The Balaban J connectivity index is 1.79. The number of aryl methyl sites for hydroxylation is 1. The number of rotatable bonds is 6. The molecule has 0 atom stereocenters. The van der Waals surface area contributed by atoms with Crippen molar-refractivity contribution in [1.82, 2.24) is 29.9 Å². The summed E-state index contributed by atoms with van der Waals surface area (Å²) < 4.78 is 27.4. The maximum atomic E-state index is 11.6. The van der Waals surface area contributed by atoms with E-state index >= 15 is 0 Å². The molecule has 0 amide bonds. The van der Waals surface area contributed by atoms with Gasteiger partial charge in [-0.1, -0.05) is 5.21 Å². The third-order valence-corrected chi connectivity index (χ3v) is 3.48. The summed E-state index contributed by atoms with van der Waals surface area (Å²) in [5.74, 6) is 0. The fourth-order valence-corrected chi connectivity index (χ4v) is 2.25. The average Bonchev–Trinajstić information content (AvgIpc) is 2.97. The predicted octanol–water partition coefficient (Wildman–Crippen LogP) is -0.630. The van der Waals surface area contributed by atoms with Crippen LogP contribution >= 0.6 is 0 Å². The second-order valence-corrected chi connectivity index (χ2v) is 5.07. The lowest BCUT2D eigenvalue weighted by Gasteiger charge is -2.04. The zero-order chi connectivity index (χ0) is 12.1. The molecular formula is C8H12N6O2S. The minimum atomic E-state index is -3.47. The minimum absolute atomic E-state index is 0.0678. The van der Waals surface area contributed by atoms with Gasteiger partial charge in [0.15, 0.2) is 5.03 Å². The van der Waals surface area contributed by atoms with Crippen molar-refractivity contribution < 1.29 is 8.42 Å². The second kappa shape index (κ2) is 5.06. The quantitative estimate of drug-likeness (QED) is 0.669. The number of nitrogens with one attached hydrogen (secondary N) is 2. The Morgan fingerprint density at radius 1 is 1.41 bits per heavy atom. The van der Waals surface area contributed by atoms with Crippen LogP contribution < -0.4 is 4.72 Å². The van der Waals surface area contributed by atoms with Gasteiger partial charge in [0.2, 0.25) is 0 Å². The standard InChI is InChI=1S/C8H12N6O2S/c15-17(16,8-2-4-9-12-8)11-3-1-6-14-7-5-10-13-14/h2,4-5,7,11H,1,3,6H2,(H,9,12). The molecule has 0 fully saturated rings. The van der Waals surface area contributed by atoms with Crippen LogP contribution in [-0.2, 0) is 16.6 Å². The molecule has 2 rings (SSSR count). The third kappa shape index (κ3) is 3.11. The average molecular weight is 256 g/mol. The van der Waals surface area contributed by atoms with Crippen LogP contribution in [0.5, 0.6) is 0 Å². The van der Waals surface area contributed by atoms with Crippen molar-refractivity contribution in [2.24, 2.45) is 0 Å². The molecule has 0 unspecified atom stereocenters. The first-order chi connectivity index (χ1) is 8.18. The molecule has 0 saturated carbocycles. The summed E-state index contributed by atoms with van der Waals surface area (Å²) in [5, 5.41) is 13.5. The lowest BCUT2D eigenvalue weighted by Crippen LogP contribution is -2.26. The van der Waals surface area contributed by atoms with E-state index in [9.17, 15) is 8.42 Å². The van der Waals surface area contributed by atoms with Crippen molar-refractivity contribution in [3.05, 3.63) is 24.7 Å². The van der Waals surface area contributed by atoms with E-state index in [1.54, 1.807) is 17.1 Å². The van der Waals surface area contributed by atoms with Gasteiger partial charge in [0, 0.05) is 19.3 Å². The highest BCUT2D eigenvalue weighted by Gasteiger charge is 2.13. The van der Waals surface area contributed by atoms with Gasteiger partial charge in [-0.3, -0.25) is 9.78 Å². The minimum Gasteiger partial charge on any atom is -0.266 e. The largest absolute Gasteiger partial charge is 0.266 e. The maximum Gasteiger partial charge on any atom is 0.257 e. The molecule has 9 heteroatoms. The fraction of sp³-hybridized carbons (Fsp3) is 0.375. The van der Waals surface area contributed by atoms with Gasteiger partial charge < -0.3 is 0 Å². The van der Waals surface area contributed by atoms with Crippen LogP contribution in [0.4, 0.5) is 0 Å². The van der Waals surface area contributed by atoms with Crippen LogP contribution in [0.25, 0.3) is 0 Å². The van der Waals surface area contributed by atoms with Gasteiger partial charge in [-0.2, -0.15) is 5.10 Å². The zero-order valence-electron chi connectivity index (χ0n) is 8.94. The number of aromatic amines is 1. The normalized spacial score (nSPS) is 11.8. The van der Waals surface area contributed by atoms with Gasteiger partial charge in [0.05, 0.1) is 12.4 Å². The van der Waals surface area contributed by atoms with Crippen LogP contribution in [0.2, 0.25) is 0 Å². The molecule has 2 aromatic rings. The number of sulfonamides is 1. The second-order valence-electron chi connectivity index (χ2n) is 3.34. The van der Waals surface area contributed by atoms with Gasteiger partial charge >= 0.3 is 0 Å². The van der Waals surface area contributed by atoms with Crippen molar-refractivity contribution in [3.8, 4) is 0 Å². The van der Waals surface area contributed by atoms with E-state index in [2.05, 4.69) is 25.2 Å². The van der Waals surface area contributed by atoms with Gasteiger partial charge in [0.1, 0.15) is 0 Å². The van der Waals surface area contributed by atoms with Crippen LogP contribution in [-0.4, -0.2) is 40.2 Å². The highest BCUT2D eigenvalue weighted by atomic mass is 32.2. The van der Waals surface area contributed by atoms with Crippen LogP contribution in [0.15, 0.2) is 29.7 Å². The van der Waals surface area contributed by atoms with Gasteiger partial charge in [-0.25, -0.2) is 13.1 Å². The van der Waals surface area contributed by atoms with E-state index in [0.29, 0.717) is 19.5 Å². The number of nitrogens with zero attached hydrogens (tertiary/aromatic N) is 4. The molecule has 8 nitrogen and oxygen atoms in total. The summed E-state index contributed by atoms with van der Waals surface area (Å²) in [6.07, 6.45) is 5.33. The smallest absolute Gasteiger partial charge is 0.257 e. The fourth-order valence-electron chi connectivity index (χ4n) is 1.27. The lowest BCUT2D eigenvalue weighted by atomic mass is 10.4. The molecule has 2 heterocycles. The Hall–Kier alpha value is -1.74. The van der Waals surface area contributed by atoms with E-state index in [1.165, 1.54) is 12.3 Å². The summed E-state index contributed by atoms with van der Waals surface area (Å²) in [6, 6.07) is 1.40. The predicted molar refractivity (Wildman–Crippen MR) is 58.4 cm³/mol. The molecule has 92 valence electrons. The molecule has 0 aliphatic rings. The molecule has 0 spiro atoms. The first-order valence-corrected chi connectivity index (χ1v) is 6.50. The first kappa shape index (κ1) is 11.7. The Labute approximate surface area is 98.1 Å². The van der Waals surface area contributed by atoms with Crippen molar-refractivity contribution in [2.75, 3.05) is 6.54 Å². The summed E-state index contributed by atoms with van der Waals surface area (Å²) in [7, 11) is -3.47. The van der Waals surface area contributed by atoms with E-state index in [-0.39, 0.29) is 5.03 Å². The molecule has 0 aromatic carbocycles. The maximum absolute atomic E-state index is 11.6. The SMILES string of the molecule is O=S(=O)(NCCCn1ccnn1)c1ccn[nH]1. The number of hydrogen-bond donors (Lipinski definition) is 2. The van der Waals surface area contributed by atoms with Crippen molar-refractivity contribution in [2.45, 2.75) is 18.0 Å². The van der Waals surface area contributed by atoms with Crippen molar-refractivity contribution in [1.29, 1.82) is 0 Å². The Bertz CT molecular complexity index is 533. The highest BCUT2D eigenvalue weighted by Crippen LogP contribution is 2.01. The van der Waals surface area contributed by atoms with Gasteiger partial charge in [0.25, 0.3) is 10.0 Å². The third-order valence-electron chi connectivity index (χ3n) is 2.09. The van der Waals surface area contributed by atoms with Crippen LogP contribution in [0, 0.1) is 0 Å². The molecule has 2 N–H and O–H groups in total. The zero-order valence-corrected chi connectivity index (χ0v) is 9.76. The Morgan fingerprint density at radius 2 is 2.29 bits per heavy atom. The summed E-state index contributed by atoms with van der Waals surface area (Å²) >= 11 is 0.